The van der Waals surface area contributed by atoms with Gasteiger partial charge in [0.2, 0.25) is 0 Å². The summed E-state index contributed by atoms with van der Waals surface area (Å²) in [7, 11) is 0. The van der Waals surface area contributed by atoms with Crippen molar-refractivity contribution in [3.8, 4) is 0 Å². The summed E-state index contributed by atoms with van der Waals surface area (Å²) in [6.07, 6.45) is 5.96. The van der Waals surface area contributed by atoms with Crippen molar-refractivity contribution < 1.29 is 9.47 Å². The molecule has 0 radical (unpaired) electrons. The van der Waals surface area contributed by atoms with E-state index in [1.165, 1.54) is 25.8 Å². The van der Waals surface area contributed by atoms with Crippen molar-refractivity contribution >= 4 is 0 Å². The summed E-state index contributed by atoms with van der Waals surface area (Å²) < 4.78 is 11.5. The van der Waals surface area contributed by atoms with Crippen LogP contribution in [-0.4, -0.2) is 50.1 Å². The SMILES string of the molecule is CCN(CCN)CCC1CCC2(CC1)OCCO2. The minimum atomic E-state index is -0.196. The highest BCUT2D eigenvalue weighted by Crippen LogP contribution is 2.39. The molecule has 0 aromatic carbocycles. The molecule has 1 spiro atoms. The van der Waals surface area contributed by atoms with Crippen molar-refractivity contribution in [3.63, 3.8) is 0 Å². The van der Waals surface area contributed by atoms with Crippen LogP contribution in [0.2, 0.25) is 0 Å². The Balaban J connectivity index is 1.66. The fourth-order valence-corrected chi connectivity index (χ4v) is 3.17. The predicted octanol–water partition coefficient (Wildman–Crippen LogP) is 1.59. The molecule has 0 aromatic heterocycles. The average Bonchev–Trinajstić information content (AvgIpc) is 2.85. The standard InChI is InChI=1S/C14H28N2O2/c1-2-16(10-8-15)9-5-13-3-6-14(7-4-13)17-11-12-18-14/h13H,2-12,15H2,1H3. The normalized spacial score (nSPS) is 24.2. The molecule has 106 valence electrons. The molecule has 2 N–H and O–H groups in total. The van der Waals surface area contributed by atoms with Gasteiger partial charge in [0.25, 0.3) is 0 Å². The van der Waals surface area contributed by atoms with E-state index in [2.05, 4.69) is 11.8 Å². The van der Waals surface area contributed by atoms with Gasteiger partial charge < -0.3 is 20.1 Å². The predicted molar refractivity (Wildman–Crippen MR) is 72.4 cm³/mol. The molecule has 1 heterocycles. The van der Waals surface area contributed by atoms with Gasteiger partial charge in [-0.15, -0.1) is 0 Å². The molecule has 0 amide bonds. The van der Waals surface area contributed by atoms with E-state index in [1.54, 1.807) is 0 Å². The lowest BCUT2D eigenvalue weighted by atomic mass is 9.83. The fourth-order valence-electron chi connectivity index (χ4n) is 3.17. The van der Waals surface area contributed by atoms with Gasteiger partial charge in [-0.1, -0.05) is 6.92 Å². The van der Waals surface area contributed by atoms with Gasteiger partial charge in [-0.2, -0.15) is 0 Å². The first kappa shape index (κ1) is 14.3. The summed E-state index contributed by atoms with van der Waals surface area (Å²) in [6.45, 7) is 7.87. The first-order chi connectivity index (χ1) is 8.78. The molecule has 0 aromatic rings. The van der Waals surface area contributed by atoms with Gasteiger partial charge in [0.15, 0.2) is 5.79 Å². The summed E-state index contributed by atoms with van der Waals surface area (Å²) in [5.41, 5.74) is 5.62. The molecule has 0 atom stereocenters. The third kappa shape index (κ3) is 3.67. The van der Waals surface area contributed by atoms with Crippen LogP contribution in [0.15, 0.2) is 0 Å². The second-order valence-corrected chi connectivity index (χ2v) is 5.56. The molecular formula is C14H28N2O2. The zero-order chi connectivity index (χ0) is 12.8. The number of rotatable bonds is 6. The van der Waals surface area contributed by atoms with Crippen LogP contribution < -0.4 is 5.73 Å². The van der Waals surface area contributed by atoms with Gasteiger partial charge in [-0.05, 0) is 38.3 Å². The average molecular weight is 256 g/mol. The highest BCUT2D eigenvalue weighted by molar-refractivity contribution is 4.82. The van der Waals surface area contributed by atoms with Crippen molar-refractivity contribution in [1.29, 1.82) is 0 Å². The van der Waals surface area contributed by atoms with Gasteiger partial charge in [-0.25, -0.2) is 0 Å². The number of nitrogens with zero attached hydrogens (tertiary/aromatic N) is 1. The lowest BCUT2D eigenvalue weighted by Crippen LogP contribution is -2.36. The van der Waals surface area contributed by atoms with Crippen LogP contribution in [0.4, 0.5) is 0 Å². The molecular weight excluding hydrogens is 228 g/mol. The summed E-state index contributed by atoms with van der Waals surface area (Å²) in [5, 5.41) is 0. The van der Waals surface area contributed by atoms with Crippen molar-refractivity contribution in [2.75, 3.05) is 39.4 Å². The Kier molecular flexibility index (Phi) is 5.42. The minimum absolute atomic E-state index is 0.196. The number of hydrogen-bond acceptors (Lipinski definition) is 4. The van der Waals surface area contributed by atoms with Crippen LogP contribution >= 0.6 is 0 Å². The van der Waals surface area contributed by atoms with Crippen molar-refractivity contribution in [2.45, 2.75) is 44.8 Å². The monoisotopic (exact) mass is 256 g/mol. The van der Waals surface area contributed by atoms with E-state index in [1.807, 2.05) is 0 Å². The molecule has 1 saturated heterocycles. The Morgan fingerprint density at radius 1 is 1.17 bits per heavy atom. The Hall–Kier alpha value is -0.160. The Labute approximate surface area is 111 Å². The fraction of sp³-hybridized carbons (Fsp3) is 1.00. The smallest absolute Gasteiger partial charge is 0.168 e. The maximum Gasteiger partial charge on any atom is 0.168 e. The molecule has 2 fully saturated rings. The third-order valence-corrected chi connectivity index (χ3v) is 4.43. The molecule has 2 aliphatic rings. The first-order valence-corrected chi connectivity index (χ1v) is 7.48. The van der Waals surface area contributed by atoms with Crippen LogP contribution in [0, 0.1) is 5.92 Å². The van der Waals surface area contributed by atoms with Crippen LogP contribution in [0.1, 0.15) is 39.0 Å². The maximum absolute atomic E-state index is 5.77. The van der Waals surface area contributed by atoms with Crippen molar-refractivity contribution in [2.24, 2.45) is 11.7 Å². The van der Waals surface area contributed by atoms with Gasteiger partial charge in [0, 0.05) is 25.9 Å². The summed E-state index contributed by atoms with van der Waals surface area (Å²) in [4.78, 5) is 2.45. The molecule has 1 saturated carbocycles. The Morgan fingerprint density at radius 2 is 1.83 bits per heavy atom. The van der Waals surface area contributed by atoms with Crippen LogP contribution in [-0.2, 0) is 9.47 Å². The molecule has 1 aliphatic carbocycles. The topological polar surface area (TPSA) is 47.7 Å². The van der Waals surface area contributed by atoms with E-state index in [-0.39, 0.29) is 5.79 Å². The third-order valence-electron chi connectivity index (χ3n) is 4.43. The van der Waals surface area contributed by atoms with Gasteiger partial charge in [0.05, 0.1) is 13.2 Å². The Morgan fingerprint density at radius 3 is 2.39 bits per heavy atom. The largest absolute Gasteiger partial charge is 0.348 e. The van der Waals surface area contributed by atoms with E-state index in [0.29, 0.717) is 0 Å². The summed E-state index contributed by atoms with van der Waals surface area (Å²) >= 11 is 0. The molecule has 18 heavy (non-hydrogen) atoms. The molecule has 0 bridgehead atoms. The van der Waals surface area contributed by atoms with E-state index >= 15 is 0 Å². The second-order valence-electron chi connectivity index (χ2n) is 5.56. The summed E-state index contributed by atoms with van der Waals surface area (Å²) in [6, 6.07) is 0. The summed E-state index contributed by atoms with van der Waals surface area (Å²) in [5.74, 6) is 0.647. The highest BCUT2D eigenvalue weighted by atomic mass is 16.7. The first-order valence-electron chi connectivity index (χ1n) is 7.48. The highest BCUT2D eigenvalue weighted by Gasteiger charge is 2.40. The molecule has 1 aliphatic heterocycles. The molecule has 0 unspecified atom stereocenters. The van der Waals surface area contributed by atoms with Crippen LogP contribution in [0.3, 0.4) is 0 Å². The van der Waals surface area contributed by atoms with Crippen LogP contribution in [0.5, 0.6) is 0 Å². The lowest BCUT2D eigenvalue weighted by Gasteiger charge is -2.36. The number of hydrogen-bond donors (Lipinski definition) is 1. The van der Waals surface area contributed by atoms with Crippen molar-refractivity contribution in [1.82, 2.24) is 4.90 Å². The van der Waals surface area contributed by atoms with Crippen LogP contribution in [0.25, 0.3) is 0 Å². The zero-order valence-electron chi connectivity index (χ0n) is 11.7. The van der Waals surface area contributed by atoms with E-state index in [9.17, 15) is 0 Å². The molecule has 4 heteroatoms. The zero-order valence-corrected chi connectivity index (χ0v) is 11.7. The minimum Gasteiger partial charge on any atom is -0.348 e. The molecule has 2 rings (SSSR count). The maximum atomic E-state index is 5.77. The second kappa shape index (κ2) is 6.85. The number of nitrogens with two attached hydrogens (primary N) is 1. The van der Waals surface area contributed by atoms with Gasteiger partial charge >= 0.3 is 0 Å². The van der Waals surface area contributed by atoms with Gasteiger partial charge in [-0.3, -0.25) is 0 Å². The van der Waals surface area contributed by atoms with Crippen molar-refractivity contribution in [3.05, 3.63) is 0 Å². The van der Waals surface area contributed by atoms with E-state index < -0.39 is 0 Å². The number of ether oxygens (including phenoxy) is 2. The Bertz CT molecular complexity index is 232. The van der Waals surface area contributed by atoms with E-state index in [0.717, 1.165) is 51.6 Å². The quantitative estimate of drug-likeness (QED) is 0.784. The number of likely N-dealkylation sites (N-methyl/N-ethyl adjacent to an activating group) is 1. The molecule has 4 nitrogen and oxygen atoms in total. The van der Waals surface area contributed by atoms with E-state index in [4.69, 9.17) is 15.2 Å². The lowest BCUT2D eigenvalue weighted by molar-refractivity contribution is -0.182. The van der Waals surface area contributed by atoms with Gasteiger partial charge in [0.1, 0.15) is 0 Å².